The summed E-state index contributed by atoms with van der Waals surface area (Å²) in [4.78, 5) is 7.16. The van der Waals surface area contributed by atoms with Crippen molar-refractivity contribution in [1.82, 2.24) is 15.5 Å². The molecule has 1 saturated heterocycles. The van der Waals surface area contributed by atoms with Gasteiger partial charge in [-0.3, -0.25) is 4.90 Å². The molecule has 0 aromatic heterocycles. The fourth-order valence-corrected chi connectivity index (χ4v) is 3.51. The first kappa shape index (κ1) is 21.1. The average molecular weight is 379 g/mol. The Morgan fingerprint density at radius 3 is 2.42 bits per heavy atom. The van der Waals surface area contributed by atoms with Crippen LogP contribution in [0.3, 0.4) is 0 Å². The lowest BCUT2D eigenvalue weighted by molar-refractivity contribution is -0.0704. The number of nitrogens with one attached hydrogen (secondary N) is 2. The molecule has 6 heteroatoms. The average Bonchev–Trinajstić information content (AvgIpc) is 2.60. The molecule has 0 spiro atoms. The molecule has 1 aliphatic rings. The first-order chi connectivity index (χ1) is 12.6. The number of benzene rings is 1. The van der Waals surface area contributed by atoms with Crippen LogP contribution in [0.2, 0.25) is 0 Å². The maximum Gasteiger partial charge on any atom is 0.191 e. The van der Waals surface area contributed by atoms with Crippen molar-refractivity contribution in [2.75, 3.05) is 38.2 Å². The van der Waals surface area contributed by atoms with Crippen LogP contribution < -0.4 is 10.6 Å². The van der Waals surface area contributed by atoms with Gasteiger partial charge in [-0.2, -0.15) is 11.8 Å². The normalized spacial score (nSPS) is 21.6. The summed E-state index contributed by atoms with van der Waals surface area (Å²) in [6.45, 7) is 11.9. The molecule has 0 radical (unpaired) electrons. The minimum absolute atomic E-state index is 0.315. The van der Waals surface area contributed by atoms with E-state index in [2.05, 4.69) is 71.8 Å². The summed E-state index contributed by atoms with van der Waals surface area (Å²) in [5.41, 5.74) is 2.59. The van der Waals surface area contributed by atoms with E-state index < -0.39 is 0 Å². The molecule has 1 aromatic carbocycles. The van der Waals surface area contributed by atoms with E-state index in [1.54, 1.807) is 0 Å². The Balaban J connectivity index is 1.86. The molecule has 0 aliphatic carbocycles. The second kappa shape index (κ2) is 11.5. The topological polar surface area (TPSA) is 48.9 Å². The van der Waals surface area contributed by atoms with Crippen molar-refractivity contribution in [3.63, 3.8) is 0 Å². The van der Waals surface area contributed by atoms with Crippen LogP contribution in [0.25, 0.3) is 0 Å². The number of thioether (sulfide) groups is 1. The van der Waals surface area contributed by atoms with Crippen molar-refractivity contribution in [1.29, 1.82) is 0 Å². The Morgan fingerprint density at radius 2 is 1.81 bits per heavy atom. The Labute approximate surface area is 163 Å². The van der Waals surface area contributed by atoms with Gasteiger partial charge in [0, 0.05) is 38.5 Å². The molecular formula is C20H34N4OS. The van der Waals surface area contributed by atoms with E-state index in [4.69, 9.17) is 4.74 Å². The fourth-order valence-electron chi connectivity index (χ4n) is 3.21. The van der Waals surface area contributed by atoms with Crippen LogP contribution in [0.5, 0.6) is 0 Å². The minimum atomic E-state index is 0.315. The summed E-state index contributed by atoms with van der Waals surface area (Å²) in [5.74, 6) is 1.97. The van der Waals surface area contributed by atoms with Gasteiger partial charge in [0.15, 0.2) is 5.96 Å². The quantitative estimate of drug-likeness (QED) is 0.414. The maximum atomic E-state index is 5.81. The van der Waals surface area contributed by atoms with Crippen molar-refractivity contribution in [2.45, 2.75) is 46.1 Å². The van der Waals surface area contributed by atoms with E-state index in [0.717, 1.165) is 44.4 Å². The molecule has 26 heavy (non-hydrogen) atoms. The smallest absolute Gasteiger partial charge is 0.191 e. The molecule has 2 atom stereocenters. The third-order valence-electron chi connectivity index (χ3n) is 4.29. The Bertz CT molecular complexity index is 539. The van der Waals surface area contributed by atoms with Gasteiger partial charge in [-0.1, -0.05) is 24.3 Å². The molecule has 1 heterocycles. The monoisotopic (exact) mass is 378 g/mol. The fraction of sp³-hybridized carbons (Fsp3) is 0.650. The predicted octanol–water partition coefficient (Wildman–Crippen LogP) is 2.71. The van der Waals surface area contributed by atoms with Gasteiger partial charge in [-0.25, -0.2) is 4.99 Å². The van der Waals surface area contributed by atoms with Crippen LogP contribution in [0.4, 0.5) is 0 Å². The summed E-state index contributed by atoms with van der Waals surface area (Å²) in [6.07, 6.45) is 2.75. The molecule has 0 bridgehead atoms. The zero-order valence-corrected chi connectivity index (χ0v) is 17.4. The van der Waals surface area contributed by atoms with Crippen molar-refractivity contribution < 1.29 is 4.74 Å². The first-order valence-electron chi connectivity index (χ1n) is 9.57. The van der Waals surface area contributed by atoms with Gasteiger partial charge < -0.3 is 15.4 Å². The van der Waals surface area contributed by atoms with Gasteiger partial charge in [0.1, 0.15) is 0 Å². The van der Waals surface area contributed by atoms with Gasteiger partial charge in [-0.15, -0.1) is 0 Å². The van der Waals surface area contributed by atoms with Crippen molar-refractivity contribution in [3.05, 3.63) is 35.4 Å². The number of hydrogen-bond acceptors (Lipinski definition) is 4. The lowest BCUT2D eigenvalue weighted by atomic mass is 10.1. The highest BCUT2D eigenvalue weighted by atomic mass is 32.2. The molecule has 2 rings (SSSR count). The van der Waals surface area contributed by atoms with E-state index in [9.17, 15) is 0 Å². The third kappa shape index (κ3) is 7.56. The summed E-state index contributed by atoms with van der Waals surface area (Å²) >= 11 is 1.84. The number of guanidine groups is 1. The predicted molar refractivity (Wildman–Crippen MR) is 113 cm³/mol. The van der Waals surface area contributed by atoms with E-state index in [1.165, 1.54) is 11.1 Å². The van der Waals surface area contributed by atoms with E-state index in [1.807, 2.05) is 11.8 Å². The lowest BCUT2D eigenvalue weighted by Crippen LogP contribution is -2.44. The number of nitrogens with zero attached hydrogens (tertiary/aromatic N) is 2. The van der Waals surface area contributed by atoms with E-state index in [-0.39, 0.29) is 0 Å². The largest absolute Gasteiger partial charge is 0.373 e. The van der Waals surface area contributed by atoms with Gasteiger partial charge in [0.25, 0.3) is 0 Å². The maximum absolute atomic E-state index is 5.81. The summed E-state index contributed by atoms with van der Waals surface area (Å²) < 4.78 is 5.81. The minimum Gasteiger partial charge on any atom is -0.373 e. The van der Waals surface area contributed by atoms with Crippen LogP contribution in [-0.2, 0) is 17.8 Å². The van der Waals surface area contributed by atoms with Gasteiger partial charge in [-0.05, 0) is 38.2 Å². The van der Waals surface area contributed by atoms with Crippen LogP contribution in [0.15, 0.2) is 29.3 Å². The second-order valence-electron chi connectivity index (χ2n) is 6.88. The van der Waals surface area contributed by atoms with Gasteiger partial charge in [0.05, 0.1) is 18.8 Å². The molecule has 2 unspecified atom stereocenters. The van der Waals surface area contributed by atoms with Crippen LogP contribution in [0.1, 0.15) is 31.9 Å². The molecule has 1 fully saturated rings. The van der Waals surface area contributed by atoms with Gasteiger partial charge >= 0.3 is 0 Å². The highest BCUT2D eigenvalue weighted by Crippen LogP contribution is 2.15. The standard InChI is InChI=1S/C20H34N4OS/c1-5-21-20(22-10-11-26-4)23-12-18-6-8-19(9-7-18)15-24-13-16(2)25-17(3)14-24/h6-9,16-17H,5,10-15H2,1-4H3,(H2,21,22,23). The van der Waals surface area contributed by atoms with E-state index >= 15 is 0 Å². The van der Waals surface area contributed by atoms with Crippen molar-refractivity contribution in [3.8, 4) is 0 Å². The highest BCUT2D eigenvalue weighted by Gasteiger charge is 2.21. The Morgan fingerprint density at radius 1 is 1.15 bits per heavy atom. The molecule has 146 valence electrons. The highest BCUT2D eigenvalue weighted by molar-refractivity contribution is 7.98. The Hall–Kier alpha value is -1.24. The first-order valence-corrected chi connectivity index (χ1v) is 11.0. The molecule has 0 amide bonds. The van der Waals surface area contributed by atoms with Crippen molar-refractivity contribution >= 4 is 17.7 Å². The number of hydrogen-bond donors (Lipinski definition) is 2. The zero-order chi connectivity index (χ0) is 18.8. The molecular weight excluding hydrogens is 344 g/mol. The summed E-state index contributed by atoms with van der Waals surface area (Å²) in [7, 11) is 0. The zero-order valence-electron chi connectivity index (χ0n) is 16.6. The second-order valence-corrected chi connectivity index (χ2v) is 7.87. The summed E-state index contributed by atoms with van der Waals surface area (Å²) in [5, 5.41) is 6.66. The summed E-state index contributed by atoms with van der Waals surface area (Å²) in [6, 6.07) is 8.84. The van der Waals surface area contributed by atoms with E-state index in [0.29, 0.717) is 18.8 Å². The number of morpholine rings is 1. The SMILES string of the molecule is CCNC(=NCc1ccc(CN2CC(C)OC(C)C2)cc1)NCCSC. The van der Waals surface area contributed by atoms with Crippen LogP contribution in [0, 0.1) is 0 Å². The molecule has 2 N–H and O–H groups in total. The van der Waals surface area contributed by atoms with Crippen LogP contribution in [-0.4, -0.2) is 61.3 Å². The Kier molecular flexibility index (Phi) is 9.29. The molecule has 1 aromatic rings. The lowest BCUT2D eigenvalue weighted by Gasteiger charge is -2.35. The number of aliphatic imine (C=N–C) groups is 1. The number of rotatable bonds is 8. The number of ether oxygens (including phenoxy) is 1. The molecule has 0 saturated carbocycles. The molecule has 1 aliphatic heterocycles. The van der Waals surface area contributed by atoms with Crippen molar-refractivity contribution in [2.24, 2.45) is 4.99 Å². The third-order valence-corrected chi connectivity index (χ3v) is 4.90. The van der Waals surface area contributed by atoms with Gasteiger partial charge in [0.2, 0.25) is 0 Å². The molecule has 5 nitrogen and oxygen atoms in total. The van der Waals surface area contributed by atoms with Crippen LogP contribution >= 0.6 is 11.8 Å².